The molecular formula is C16H23NO3. The van der Waals surface area contributed by atoms with Gasteiger partial charge in [-0.2, -0.15) is 0 Å². The summed E-state index contributed by atoms with van der Waals surface area (Å²) in [5, 5.41) is 2.99. The molecule has 0 bridgehead atoms. The van der Waals surface area contributed by atoms with Gasteiger partial charge in [0.1, 0.15) is 11.5 Å². The third-order valence-corrected chi connectivity index (χ3v) is 3.89. The van der Waals surface area contributed by atoms with Crippen LogP contribution in [0.3, 0.4) is 0 Å². The molecule has 1 aliphatic carbocycles. The Balaban J connectivity index is 2.06. The van der Waals surface area contributed by atoms with Gasteiger partial charge < -0.3 is 14.8 Å². The van der Waals surface area contributed by atoms with E-state index in [0.29, 0.717) is 17.2 Å². The lowest BCUT2D eigenvalue weighted by atomic mass is 9.99. The Hall–Kier alpha value is -1.71. The van der Waals surface area contributed by atoms with Gasteiger partial charge in [-0.3, -0.25) is 4.79 Å². The van der Waals surface area contributed by atoms with Gasteiger partial charge in [0.2, 0.25) is 5.91 Å². The van der Waals surface area contributed by atoms with Crippen LogP contribution in [-0.4, -0.2) is 20.1 Å². The average molecular weight is 277 g/mol. The summed E-state index contributed by atoms with van der Waals surface area (Å²) in [6.45, 7) is 0. The van der Waals surface area contributed by atoms with Crippen LogP contribution in [0.5, 0.6) is 11.5 Å². The van der Waals surface area contributed by atoms with Crippen LogP contribution in [0.2, 0.25) is 0 Å². The monoisotopic (exact) mass is 277 g/mol. The first-order chi connectivity index (χ1) is 9.74. The topological polar surface area (TPSA) is 47.6 Å². The summed E-state index contributed by atoms with van der Waals surface area (Å²) in [6.07, 6.45) is 6.77. The van der Waals surface area contributed by atoms with Crippen molar-refractivity contribution in [2.24, 2.45) is 5.92 Å². The van der Waals surface area contributed by atoms with Gasteiger partial charge in [-0.25, -0.2) is 0 Å². The third-order valence-electron chi connectivity index (χ3n) is 3.89. The molecule has 0 radical (unpaired) electrons. The van der Waals surface area contributed by atoms with Gasteiger partial charge in [0, 0.05) is 12.0 Å². The molecule has 1 saturated carbocycles. The van der Waals surface area contributed by atoms with Crippen molar-refractivity contribution in [3.63, 3.8) is 0 Å². The number of methoxy groups -OCH3 is 2. The molecule has 0 atom stereocenters. The van der Waals surface area contributed by atoms with E-state index in [2.05, 4.69) is 5.32 Å². The van der Waals surface area contributed by atoms with Crippen molar-refractivity contribution < 1.29 is 14.3 Å². The number of anilines is 1. The number of carbonyl (C=O) groups is 1. The van der Waals surface area contributed by atoms with Crippen molar-refractivity contribution in [3.8, 4) is 11.5 Å². The Morgan fingerprint density at radius 1 is 1.10 bits per heavy atom. The van der Waals surface area contributed by atoms with Gasteiger partial charge in [-0.05, 0) is 25.0 Å². The number of hydrogen-bond acceptors (Lipinski definition) is 3. The van der Waals surface area contributed by atoms with E-state index in [0.717, 1.165) is 25.7 Å². The number of amides is 1. The van der Waals surface area contributed by atoms with Crippen LogP contribution in [0, 0.1) is 5.92 Å². The number of nitrogens with one attached hydrogen (secondary N) is 1. The molecule has 0 saturated heterocycles. The number of carbonyl (C=O) groups excluding carboxylic acids is 1. The molecule has 0 aromatic heterocycles. The number of rotatable bonds is 4. The Kier molecular flexibility index (Phi) is 5.27. The molecule has 2 rings (SSSR count). The van der Waals surface area contributed by atoms with Crippen molar-refractivity contribution in [1.82, 2.24) is 0 Å². The normalized spacial score (nSPS) is 16.3. The standard InChI is InChI=1S/C16H23NO3/c1-19-13-9-10-14(15(11-13)20-2)17-16(18)12-7-5-3-4-6-8-12/h9-12H,3-8H2,1-2H3,(H,17,18). The molecule has 0 aliphatic heterocycles. The molecule has 0 heterocycles. The third kappa shape index (κ3) is 3.65. The molecule has 1 aliphatic rings. The Bertz CT molecular complexity index is 451. The number of hydrogen-bond donors (Lipinski definition) is 1. The molecule has 20 heavy (non-hydrogen) atoms. The molecule has 1 fully saturated rings. The second kappa shape index (κ2) is 7.17. The smallest absolute Gasteiger partial charge is 0.227 e. The van der Waals surface area contributed by atoms with Crippen LogP contribution in [-0.2, 0) is 4.79 Å². The summed E-state index contributed by atoms with van der Waals surface area (Å²) in [7, 11) is 3.20. The second-order valence-electron chi connectivity index (χ2n) is 5.24. The fourth-order valence-corrected chi connectivity index (χ4v) is 2.68. The van der Waals surface area contributed by atoms with E-state index in [1.54, 1.807) is 20.3 Å². The van der Waals surface area contributed by atoms with E-state index in [9.17, 15) is 4.79 Å². The predicted molar refractivity (Wildman–Crippen MR) is 79.4 cm³/mol. The molecular weight excluding hydrogens is 254 g/mol. The van der Waals surface area contributed by atoms with Gasteiger partial charge in [0.25, 0.3) is 0 Å². The Morgan fingerprint density at radius 3 is 2.40 bits per heavy atom. The fourth-order valence-electron chi connectivity index (χ4n) is 2.68. The summed E-state index contributed by atoms with van der Waals surface area (Å²) in [4.78, 5) is 12.3. The van der Waals surface area contributed by atoms with Crippen molar-refractivity contribution in [1.29, 1.82) is 0 Å². The zero-order chi connectivity index (χ0) is 14.4. The van der Waals surface area contributed by atoms with Gasteiger partial charge in [-0.15, -0.1) is 0 Å². The van der Waals surface area contributed by atoms with Gasteiger partial charge in [0.05, 0.1) is 19.9 Å². The zero-order valence-corrected chi connectivity index (χ0v) is 12.3. The molecule has 4 heteroatoms. The lowest BCUT2D eigenvalue weighted by Crippen LogP contribution is -2.22. The van der Waals surface area contributed by atoms with Crippen LogP contribution >= 0.6 is 0 Å². The summed E-state index contributed by atoms with van der Waals surface area (Å²) >= 11 is 0. The van der Waals surface area contributed by atoms with Crippen molar-refractivity contribution in [2.45, 2.75) is 38.5 Å². The molecule has 1 amide bonds. The quantitative estimate of drug-likeness (QED) is 0.855. The van der Waals surface area contributed by atoms with E-state index in [1.807, 2.05) is 12.1 Å². The maximum absolute atomic E-state index is 12.3. The molecule has 4 nitrogen and oxygen atoms in total. The minimum Gasteiger partial charge on any atom is -0.497 e. The Labute approximate surface area is 120 Å². The van der Waals surface area contributed by atoms with E-state index >= 15 is 0 Å². The number of ether oxygens (including phenoxy) is 2. The summed E-state index contributed by atoms with van der Waals surface area (Å²) in [6, 6.07) is 5.43. The number of benzene rings is 1. The highest BCUT2D eigenvalue weighted by molar-refractivity contribution is 5.94. The fraction of sp³-hybridized carbons (Fsp3) is 0.562. The Morgan fingerprint density at radius 2 is 1.80 bits per heavy atom. The van der Waals surface area contributed by atoms with Crippen LogP contribution in [0.25, 0.3) is 0 Å². The van der Waals surface area contributed by atoms with Crippen LogP contribution in [0.4, 0.5) is 5.69 Å². The van der Waals surface area contributed by atoms with Gasteiger partial charge in [-0.1, -0.05) is 25.7 Å². The molecule has 1 N–H and O–H groups in total. The predicted octanol–water partition coefficient (Wildman–Crippen LogP) is 3.61. The molecule has 1 aromatic carbocycles. The highest BCUT2D eigenvalue weighted by Gasteiger charge is 2.21. The first-order valence-corrected chi connectivity index (χ1v) is 7.27. The van der Waals surface area contributed by atoms with Crippen molar-refractivity contribution >= 4 is 11.6 Å². The van der Waals surface area contributed by atoms with E-state index in [1.165, 1.54) is 12.8 Å². The lowest BCUT2D eigenvalue weighted by molar-refractivity contribution is -0.120. The highest BCUT2D eigenvalue weighted by atomic mass is 16.5. The van der Waals surface area contributed by atoms with Crippen LogP contribution in [0.15, 0.2) is 18.2 Å². The SMILES string of the molecule is COc1ccc(NC(=O)C2CCCCCC2)c(OC)c1. The zero-order valence-electron chi connectivity index (χ0n) is 12.3. The lowest BCUT2D eigenvalue weighted by Gasteiger charge is -2.16. The van der Waals surface area contributed by atoms with E-state index in [-0.39, 0.29) is 11.8 Å². The van der Waals surface area contributed by atoms with Crippen molar-refractivity contribution in [2.75, 3.05) is 19.5 Å². The van der Waals surface area contributed by atoms with E-state index < -0.39 is 0 Å². The maximum atomic E-state index is 12.3. The molecule has 0 unspecified atom stereocenters. The van der Waals surface area contributed by atoms with Crippen LogP contribution in [0.1, 0.15) is 38.5 Å². The summed E-state index contributed by atoms with van der Waals surface area (Å²) in [5.74, 6) is 1.58. The maximum Gasteiger partial charge on any atom is 0.227 e. The van der Waals surface area contributed by atoms with Crippen molar-refractivity contribution in [3.05, 3.63) is 18.2 Å². The van der Waals surface area contributed by atoms with Crippen LogP contribution < -0.4 is 14.8 Å². The first-order valence-electron chi connectivity index (χ1n) is 7.27. The largest absolute Gasteiger partial charge is 0.497 e. The van der Waals surface area contributed by atoms with Gasteiger partial charge >= 0.3 is 0 Å². The minimum absolute atomic E-state index is 0.107. The molecule has 110 valence electrons. The average Bonchev–Trinajstić information content (AvgIpc) is 2.76. The second-order valence-corrected chi connectivity index (χ2v) is 5.24. The minimum atomic E-state index is 0.107. The molecule has 1 aromatic rings. The summed E-state index contributed by atoms with van der Waals surface area (Å²) < 4.78 is 10.5. The first kappa shape index (κ1) is 14.7. The molecule has 0 spiro atoms. The highest BCUT2D eigenvalue weighted by Crippen LogP contribution is 2.30. The summed E-state index contributed by atoms with van der Waals surface area (Å²) in [5.41, 5.74) is 0.711. The van der Waals surface area contributed by atoms with E-state index in [4.69, 9.17) is 9.47 Å². The van der Waals surface area contributed by atoms with Gasteiger partial charge in [0.15, 0.2) is 0 Å².